The van der Waals surface area contributed by atoms with Crippen LogP contribution in [-0.2, 0) is 14.8 Å². The molecule has 0 spiro atoms. The predicted octanol–water partition coefficient (Wildman–Crippen LogP) is 3.66. The van der Waals surface area contributed by atoms with Crippen molar-refractivity contribution in [2.45, 2.75) is 38.5 Å². The van der Waals surface area contributed by atoms with E-state index in [9.17, 15) is 13.2 Å². The van der Waals surface area contributed by atoms with E-state index in [1.165, 1.54) is 11.4 Å². The van der Waals surface area contributed by atoms with Crippen LogP contribution < -0.4 is 10.1 Å². The number of carbonyl (C=O) groups is 1. The quantitative estimate of drug-likeness (QED) is 0.807. The number of amides is 1. The molecule has 156 valence electrons. The second-order valence-corrected chi connectivity index (χ2v) is 9.55. The third-order valence-corrected chi connectivity index (χ3v) is 7.32. The van der Waals surface area contributed by atoms with Crippen LogP contribution in [0.15, 0.2) is 41.3 Å². The first kappa shape index (κ1) is 21.3. The second kappa shape index (κ2) is 8.55. The van der Waals surface area contributed by atoms with E-state index in [0.29, 0.717) is 31.7 Å². The smallest absolute Gasteiger partial charge is 0.246 e. The van der Waals surface area contributed by atoms with Gasteiger partial charge in [0, 0.05) is 24.7 Å². The van der Waals surface area contributed by atoms with Crippen LogP contribution in [-0.4, -0.2) is 38.8 Å². The van der Waals surface area contributed by atoms with Gasteiger partial charge in [-0.3, -0.25) is 4.79 Å². The Labute approximate surface area is 172 Å². The third kappa shape index (κ3) is 4.62. The molecule has 0 aliphatic carbocycles. The highest BCUT2D eigenvalue weighted by Crippen LogP contribution is 2.31. The van der Waals surface area contributed by atoms with Gasteiger partial charge in [-0.1, -0.05) is 23.8 Å². The maximum Gasteiger partial charge on any atom is 0.246 e. The molecule has 1 amide bonds. The lowest BCUT2D eigenvalue weighted by Crippen LogP contribution is -2.41. The van der Waals surface area contributed by atoms with Gasteiger partial charge >= 0.3 is 0 Å². The zero-order valence-electron chi connectivity index (χ0n) is 17.4. The number of aryl methyl sites for hydroxylation is 3. The molecule has 1 N–H and O–H groups in total. The second-order valence-electron chi connectivity index (χ2n) is 7.64. The highest BCUT2D eigenvalue weighted by molar-refractivity contribution is 7.89. The number of sulfonamides is 1. The molecule has 0 saturated carbocycles. The summed E-state index contributed by atoms with van der Waals surface area (Å²) in [6, 6.07) is 11.0. The average Bonchev–Trinajstić information content (AvgIpc) is 2.70. The normalized spacial score (nSPS) is 15.9. The number of rotatable bonds is 5. The van der Waals surface area contributed by atoms with Crippen LogP contribution in [0.5, 0.6) is 5.75 Å². The maximum atomic E-state index is 13.1. The summed E-state index contributed by atoms with van der Waals surface area (Å²) in [6.07, 6.45) is 0.980. The van der Waals surface area contributed by atoms with Gasteiger partial charge in [-0.25, -0.2) is 8.42 Å². The first-order chi connectivity index (χ1) is 13.7. The molecule has 1 saturated heterocycles. The summed E-state index contributed by atoms with van der Waals surface area (Å²) < 4.78 is 32.9. The molecule has 0 unspecified atom stereocenters. The fraction of sp³-hybridized carbons (Fsp3) is 0.409. The van der Waals surface area contributed by atoms with Crippen molar-refractivity contribution >= 4 is 21.6 Å². The Bertz CT molecular complexity index is 1010. The molecule has 29 heavy (non-hydrogen) atoms. The summed E-state index contributed by atoms with van der Waals surface area (Å²) in [5, 5.41) is 2.99. The van der Waals surface area contributed by atoms with Gasteiger partial charge in [0.2, 0.25) is 15.9 Å². The van der Waals surface area contributed by atoms with Crippen LogP contribution >= 0.6 is 0 Å². The number of nitrogens with zero attached hydrogens (tertiary/aromatic N) is 1. The molecule has 7 heteroatoms. The summed E-state index contributed by atoms with van der Waals surface area (Å²) in [7, 11) is -2.20. The fourth-order valence-corrected chi connectivity index (χ4v) is 5.38. The Hall–Kier alpha value is -2.38. The standard InChI is InChI=1S/C22H28N2O4S/c1-15-5-7-19(17(3)13-15)23-22(25)18-9-11-24(12-10-18)29(26,27)21-14-16(2)6-8-20(21)28-4/h5-8,13-14,18H,9-12H2,1-4H3,(H,23,25). The minimum atomic E-state index is -3.67. The zero-order chi connectivity index (χ0) is 21.2. The molecule has 0 bridgehead atoms. The van der Waals surface area contributed by atoms with Crippen LogP contribution in [0.4, 0.5) is 5.69 Å². The van der Waals surface area contributed by atoms with E-state index in [1.807, 2.05) is 45.0 Å². The molecule has 2 aromatic carbocycles. The largest absolute Gasteiger partial charge is 0.495 e. The summed E-state index contributed by atoms with van der Waals surface area (Å²) in [5.74, 6) is 0.0778. The Morgan fingerprint density at radius 3 is 2.28 bits per heavy atom. The van der Waals surface area contributed by atoms with Crippen LogP contribution in [0.1, 0.15) is 29.5 Å². The summed E-state index contributed by atoms with van der Waals surface area (Å²) in [5.41, 5.74) is 3.82. The minimum Gasteiger partial charge on any atom is -0.495 e. The van der Waals surface area contributed by atoms with E-state index in [4.69, 9.17) is 4.74 Å². The van der Waals surface area contributed by atoms with Crippen LogP contribution in [0.3, 0.4) is 0 Å². The van der Waals surface area contributed by atoms with Crippen LogP contribution in [0, 0.1) is 26.7 Å². The number of hydrogen-bond donors (Lipinski definition) is 1. The molecule has 0 radical (unpaired) electrons. The Morgan fingerprint density at radius 2 is 1.66 bits per heavy atom. The average molecular weight is 417 g/mol. The van der Waals surface area contributed by atoms with Crippen molar-refractivity contribution in [3.63, 3.8) is 0 Å². The molecule has 1 heterocycles. The number of benzene rings is 2. The van der Waals surface area contributed by atoms with Gasteiger partial charge in [-0.05, 0) is 62.9 Å². The molecular weight excluding hydrogens is 388 g/mol. The number of ether oxygens (including phenoxy) is 1. The van der Waals surface area contributed by atoms with E-state index in [-0.39, 0.29) is 16.7 Å². The molecule has 1 aliphatic rings. The monoisotopic (exact) mass is 416 g/mol. The lowest BCUT2D eigenvalue weighted by Gasteiger charge is -2.31. The SMILES string of the molecule is COc1ccc(C)cc1S(=O)(=O)N1CCC(C(=O)Nc2ccc(C)cc2C)CC1. The summed E-state index contributed by atoms with van der Waals surface area (Å²) in [6.45, 7) is 6.45. The highest BCUT2D eigenvalue weighted by Gasteiger charge is 2.33. The van der Waals surface area contributed by atoms with Crippen LogP contribution in [0.2, 0.25) is 0 Å². The summed E-state index contributed by atoms with van der Waals surface area (Å²) in [4.78, 5) is 12.9. The minimum absolute atomic E-state index is 0.0536. The number of piperidine rings is 1. The molecular formula is C22H28N2O4S. The first-order valence-electron chi connectivity index (χ1n) is 9.75. The van der Waals surface area contributed by atoms with Crippen molar-refractivity contribution in [2.75, 3.05) is 25.5 Å². The third-order valence-electron chi connectivity index (χ3n) is 5.40. The molecule has 6 nitrogen and oxygen atoms in total. The zero-order valence-corrected chi connectivity index (χ0v) is 18.2. The van der Waals surface area contributed by atoms with Gasteiger partial charge < -0.3 is 10.1 Å². The molecule has 1 aliphatic heterocycles. The maximum absolute atomic E-state index is 13.1. The number of nitrogens with one attached hydrogen (secondary N) is 1. The number of anilines is 1. The van der Waals surface area contributed by atoms with Crippen molar-refractivity contribution in [3.05, 3.63) is 53.1 Å². The van der Waals surface area contributed by atoms with E-state index in [0.717, 1.165) is 22.4 Å². The van der Waals surface area contributed by atoms with Gasteiger partial charge in [0.05, 0.1) is 7.11 Å². The molecule has 0 atom stereocenters. The molecule has 1 fully saturated rings. The number of methoxy groups -OCH3 is 1. The lowest BCUT2D eigenvalue weighted by atomic mass is 9.97. The van der Waals surface area contributed by atoms with Gasteiger partial charge in [-0.15, -0.1) is 0 Å². The molecule has 3 rings (SSSR count). The molecule has 0 aromatic heterocycles. The Balaban J connectivity index is 1.68. The van der Waals surface area contributed by atoms with E-state index in [1.54, 1.807) is 12.1 Å². The van der Waals surface area contributed by atoms with Crippen molar-refractivity contribution < 1.29 is 17.9 Å². The van der Waals surface area contributed by atoms with Gasteiger partial charge in [-0.2, -0.15) is 4.31 Å². The fourth-order valence-electron chi connectivity index (χ4n) is 3.67. The predicted molar refractivity (Wildman–Crippen MR) is 114 cm³/mol. The van der Waals surface area contributed by atoms with Crippen molar-refractivity contribution in [3.8, 4) is 5.75 Å². The summed E-state index contributed by atoms with van der Waals surface area (Å²) >= 11 is 0. The number of hydrogen-bond acceptors (Lipinski definition) is 4. The van der Waals surface area contributed by atoms with E-state index in [2.05, 4.69) is 5.32 Å². The van der Waals surface area contributed by atoms with Gasteiger partial charge in [0.1, 0.15) is 10.6 Å². The Kier molecular flexibility index (Phi) is 6.29. The Morgan fingerprint density at radius 1 is 1.03 bits per heavy atom. The highest BCUT2D eigenvalue weighted by atomic mass is 32.2. The van der Waals surface area contributed by atoms with Crippen molar-refractivity contribution in [2.24, 2.45) is 5.92 Å². The topological polar surface area (TPSA) is 75.7 Å². The van der Waals surface area contributed by atoms with Gasteiger partial charge in [0.15, 0.2) is 0 Å². The van der Waals surface area contributed by atoms with Crippen molar-refractivity contribution in [1.29, 1.82) is 0 Å². The molecule has 2 aromatic rings. The van der Waals surface area contributed by atoms with Crippen LogP contribution in [0.25, 0.3) is 0 Å². The van der Waals surface area contributed by atoms with Crippen molar-refractivity contribution in [1.82, 2.24) is 4.31 Å². The van der Waals surface area contributed by atoms with E-state index >= 15 is 0 Å². The lowest BCUT2D eigenvalue weighted by molar-refractivity contribution is -0.120. The van der Waals surface area contributed by atoms with E-state index < -0.39 is 10.0 Å². The first-order valence-corrected chi connectivity index (χ1v) is 11.2. The number of carbonyl (C=O) groups excluding carboxylic acids is 1. The van der Waals surface area contributed by atoms with Gasteiger partial charge in [0.25, 0.3) is 0 Å².